The molecule has 0 spiro atoms. The standard InChI is InChI=1S/C12H20N4.C11H19N3O.C11H24N2O2S.C11H22N2O2.C11H24N2O.2C11H24N2.C10H22N2O.C10H22N2.C9H18N2O2/c1-12(2,3)16-9-7-15(8-10-16)11-13-5-4-6-14-11;1-11(2,3)14-7-5-13(6-8-14)10(15)9-12-4;1-11(2,3)13-7-5-12(6-8-13)9-10-16(4,14)15;1-11(2,3)13-7-5-12(6-8-13)10(14)9-15-4;1-11(2,3)13-7-5-12(6-8-13)9-10-14-4;1-9-7-13(11(3,4)5)8-10(2)12(9)6;1-10(2)12-6-8-13(9-7-12)11(3,4)5;1-10(2,3)12-6-4-11(5-7-12)8-9-13;1-8-6-12(10(3,4)5)7-9(2)11-8;1-9(2,3)11-6-4-10(5-7-11)8(12)13/h4-6H,7-10H2,1-3H3;5-9H2,1-3H3;5-10H2,1-4H3;5-9H2,1-4H3;5-10H2,1-4H3;9-10H,7-8H2,1-6H3;10H,6-9H2,1-5H3;13H,4-9H2,1-3H3;8-9,11H,6-7H2,1-5H3;4-7H2,1-3H3,(H,12,13). The van der Waals surface area contributed by atoms with E-state index < -0.39 is 15.9 Å². The van der Waals surface area contributed by atoms with E-state index in [1.807, 2.05) is 11.0 Å². The molecule has 11 rings (SSSR count). The number of carbonyl (C=O) groups is 3. The van der Waals surface area contributed by atoms with Crippen molar-refractivity contribution in [1.29, 1.82) is 0 Å². The lowest BCUT2D eigenvalue weighted by Gasteiger charge is -2.48. The maximum Gasteiger partial charge on any atom is 0.407 e. The van der Waals surface area contributed by atoms with Gasteiger partial charge in [0.25, 0.3) is 6.54 Å². The summed E-state index contributed by atoms with van der Waals surface area (Å²) in [5.41, 5.74) is 2.65. The molecular formula is C107H219N23O9S. The molecule has 3 N–H and O–H groups in total. The van der Waals surface area contributed by atoms with Crippen molar-refractivity contribution in [3.8, 4) is 0 Å². The first-order valence-electron chi connectivity index (χ1n) is 53.3. The number of anilines is 1. The minimum Gasteiger partial charge on any atom is -0.465 e. The van der Waals surface area contributed by atoms with Gasteiger partial charge in [-0.1, -0.05) is 0 Å². The van der Waals surface area contributed by atoms with Gasteiger partial charge in [0.05, 0.1) is 19.0 Å². The van der Waals surface area contributed by atoms with E-state index in [-0.39, 0.29) is 65.0 Å². The summed E-state index contributed by atoms with van der Waals surface area (Å²) in [6.45, 7) is 129. The summed E-state index contributed by atoms with van der Waals surface area (Å²) < 4.78 is 32.1. The summed E-state index contributed by atoms with van der Waals surface area (Å²) >= 11 is 0. The Morgan fingerprint density at radius 3 is 0.964 bits per heavy atom. The molecule has 10 aliphatic rings. The van der Waals surface area contributed by atoms with Crippen LogP contribution in [0, 0.1) is 6.57 Å². The molecule has 0 saturated carbocycles. The fourth-order valence-electron chi connectivity index (χ4n) is 18.6. The predicted molar refractivity (Wildman–Crippen MR) is 587 cm³/mol. The van der Waals surface area contributed by atoms with Crippen LogP contribution in [-0.2, 0) is 28.9 Å². The third-order valence-corrected chi connectivity index (χ3v) is 29.7. The van der Waals surface area contributed by atoms with Crippen LogP contribution in [-0.4, -0.2) is 535 Å². The molecule has 33 heteroatoms. The minimum atomic E-state index is -2.82. The van der Waals surface area contributed by atoms with Gasteiger partial charge in [-0.2, -0.15) is 0 Å². The largest absolute Gasteiger partial charge is 0.465 e. The first-order valence-corrected chi connectivity index (χ1v) is 55.4. The molecule has 4 atom stereocenters. The van der Waals surface area contributed by atoms with Crippen molar-refractivity contribution >= 4 is 33.7 Å². The van der Waals surface area contributed by atoms with Crippen LogP contribution in [0.1, 0.15) is 249 Å². The number of sulfone groups is 1. The number of carbonyl (C=O) groups excluding carboxylic acids is 2. The van der Waals surface area contributed by atoms with E-state index in [1.54, 1.807) is 31.5 Å². The Morgan fingerprint density at radius 1 is 0.407 bits per heavy atom. The second kappa shape index (κ2) is 61.0. The zero-order valence-electron chi connectivity index (χ0n) is 97.7. The van der Waals surface area contributed by atoms with Crippen molar-refractivity contribution in [2.24, 2.45) is 0 Å². The molecule has 11 heterocycles. The fraction of sp³-hybridized carbons (Fsp3) is 0.925. The van der Waals surface area contributed by atoms with Gasteiger partial charge in [0.2, 0.25) is 11.9 Å². The highest BCUT2D eigenvalue weighted by molar-refractivity contribution is 7.90. The van der Waals surface area contributed by atoms with E-state index >= 15 is 0 Å². The molecule has 10 fully saturated rings. The molecule has 1 aromatic heterocycles. The van der Waals surface area contributed by atoms with E-state index in [0.717, 1.165) is 170 Å². The second-order valence-electron chi connectivity index (χ2n) is 50.6. The normalized spacial score (nSPS) is 22.9. The van der Waals surface area contributed by atoms with Crippen LogP contribution in [0.2, 0.25) is 0 Å². The summed E-state index contributed by atoms with van der Waals surface area (Å²) in [7, 11) is 2.74. The Labute approximate surface area is 859 Å². The summed E-state index contributed by atoms with van der Waals surface area (Å²) in [6, 6.07) is 5.20. The minimum absolute atomic E-state index is 0.00445. The number of likely N-dealkylation sites (N-methyl/N-ethyl adjacent to an activating group) is 1. The summed E-state index contributed by atoms with van der Waals surface area (Å²) in [5.74, 6) is 1.21. The number of β-amino-alcohol motifs (C(OH)–C–C–N with tert-alkyl or cyclic N) is 1. The Kier molecular flexibility index (Phi) is 57.5. The van der Waals surface area contributed by atoms with Crippen molar-refractivity contribution in [3.63, 3.8) is 0 Å². The van der Waals surface area contributed by atoms with E-state index in [0.29, 0.717) is 77.5 Å². The molecule has 1 aromatic rings. The molecular weight excluding hydrogens is 1780 g/mol. The molecule has 822 valence electrons. The van der Waals surface area contributed by atoms with Gasteiger partial charge in [0.15, 0.2) is 0 Å². The lowest BCUT2D eigenvalue weighted by Crippen LogP contribution is -2.59. The Hall–Kier alpha value is -4.23. The number of aliphatic hydroxyl groups excluding tert-OH is 1. The number of carboxylic acid groups (broad SMARTS) is 1. The Balaban J connectivity index is 0.000000527. The molecule has 32 nitrogen and oxygen atoms in total. The number of nitrogens with one attached hydrogen (secondary N) is 1. The third-order valence-electron chi connectivity index (χ3n) is 28.8. The van der Waals surface area contributed by atoms with Gasteiger partial charge in [-0.3, -0.25) is 83.1 Å². The molecule has 4 unspecified atom stereocenters. The van der Waals surface area contributed by atoms with Crippen molar-refractivity contribution in [2.75, 3.05) is 320 Å². The lowest BCUT2D eigenvalue weighted by atomic mass is 10.00. The zero-order valence-corrected chi connectivity index (χ0v) is 98.5. The number of hydrogen-bond donors (Lipinski definition) is 3. The average molecular weight is 2000 g/mol. The maximum atomic E-state index is 11.5. The summed E-state index contributed by atoms with van der Waals surface area (Å²) in [4.78, 5) is 89.6. The van der Waals surface area contributed by atoms with E-state index in [9.17, 15) is 22.8 Å². The predicted octanol–water partition coefficient (Wildman–Crippen LogP) is 10.9. The number of piperazine rings is 10. The van der Waals surface area contributed by atoms with Gasteiger partial charge in [0, 0.05) is 374 Å². The highest BCUT2D eigenvalue weighted by Crippen LogP contribution is 2.27. The molecule has 0 aliphatic carbocycles. The fourth-order valence-corrected chi connectivity index (χ4v) is 19.1. The van der Waals surface area contributed by atoms with Gasteiger partial charge in [-0.25, -0.2) is 29.8 Å². The molecule has 0 aromatic carbocycles. The number of methoxy groups -OCH3 is 2. The first-order chi connectivity index (χ1) is 64.3. The number of aromatic nitrogens is 2. The van der Waals surface area contributed by atoms with Gasteiger partial charge >= 0.3 is 12.0 Å². The molecule has 10 aliphatic heterocycles. The number of ether oxygens (including phenoxy) is 2. The number of aliphatic hydroxyl groups is 1. The van der Waals surface area contributed by atoms with Crippen LogP contribution in [0.15, 0.2) is 18.5 Å². The van der Waals surface area contributed by atoms with E-state index in [2.05, 4.69) is 355 Å². The lowest BCUT2D eigenvalue weighted by molar-refractivity contribution is -0.137. The highest BCUT2D eigenvalue weighted by Gasteiger charge is 2.38. The molecule has 140 heavy (non-hydrogen) atoms. The smallest absolute Gasteiger partial charge is 0.407 e. The van der Waals surface area contributed by atoms with Gasteiger partial charge in [-0.05, 0) is 262 Å². The Morgan fingerprint density at radius 2 is 0.686 bits per heavy atom. The monoisotopic (exact) mass is 2000 g/mol. The SMILES string of the molecule is CC(C)(C)N1CCN(C(=O)O)CC1.CC(C)(C)N1CCN(CCO)CC1.CC(C)(C)N1CCN(CCS(C)(=O)=O)CC1.CC(C)(C)N1CCN(c2ncccn2)CC1.CC(C)N1CCN(C(C)(C)C)CC1.CC1CN(C(C)(C)C)CC(C)N1.CC1CN(C(C)(C)C)CC(C)N1C.COCC(=O)N1CCN(C(C)(C)C)CC1.COCCN1CCN(C(C)(C)C)CC1.[C-]#[N+]CC(=O)N1CCN(C(C)(C)C)CC1. The Bertz CT molecular complexity index is 3620. The number of nitrogens with zero attached hydrogens (tertiary/aromatic N) is 22. The van der Waals surface area contributed by atoms with Gasteiger partial charge in [0.1, 0.15) is 16.4 Å². The first kappa shape index (κ1) is 132. The van der Waals surface area contributed by atoms with Crippen LogP contribution in [0.5, 0.6) is 0 Å². The van der Waals surface area contributed by atoms with Crippen LogP contribution in [0.4, 0.5) is 10.7 Å². The molecule has 0 radical (unpaired) electrons. The summed E-state index contributed by atoms with van der Waals surface area (Å²) in [6.07, 6.45) is 4.11. The van der Waals surface area contributed by atoms with Crippen LogP contribution in [0.3, 0.4) is 0 Å². The van der Waals surface area contributed by atoms with Crippen molar-refractivity contribution in [2.45, 2.75) is 335 Å². The van der Waals surface area contributed by atoms with Crippen molar-refractivity contribution in [3.05, 3.63) is 29.9 Å². The highest BCUT2D eigenvalue weighted by atomic mass is 32.2. The van der Waals surface area contributed by atoms with Gasteiger partial charge in [-0.15, -0.1) is 0 Å². The average Bonchev–Trinajstić information content (AvgIpc) is 0.838. The van der Waals surface area contributed by atoms with Crippen LogP contribution in [0.25, 0.3) is 4.85 Å². The quantitative estimate of drug-likeness (QED) is 0.155. The maximum absolute atomic E-state index is 11.5. The summed E-state index contributed by atoms with van der Waals surface area (Å²) in [5, 5.41) is 21.1. The molecule has 0 bridgehead atoms. The second-order valence-corrected chi connectivity index (χ2v) is 52.8. The number of hydrogen-bond acceptors (Lipinski definition) is 27. The zero-order chi connectivity index (χ0) is 107. The van der Waals surface area contributed by atoms with Crippen molar-refractivity contribution < 1.29 is 42.5 Å². The molecule has 10 saturated heterocycles. The van der Waals surface area contributed by atoms with Gasteiger partial charge < -0.3 is 49.4 Å². The third kappa shape index (κ3) is 53.1. The van der Waals surface area contributed by atoms with Crippen LogP contribution < -0.4 is 10.2 Å². The molecule has 3 amide bonds. The topological polar surface area (TPSA) is 248 Å². The van der Waals surface area contributed by atoms with Crippen molar-refractivity contribution in [1.82, 2.24) is 103 Å². The number of rotatable bonds is 13. The number of amides is 3. The van der Waals surface area contributed by atoms with E-state index in [1.165, 1.54) is 89.7 Å². The van der Waals surface area contributed by atoms with E-state index in [4.69, 9.17) is 26.3 Å². The van der Waals surface area contributed by atoms with Crippen LogP contribution >= 0.6 is 0 Å².